The number of fused-ring (bicyclic) bond motifs is 1. The van der Waals surface area contributed by atoms with Gasteiger partial charge < -0.3 is 8.92 Å². The fraction of sp³-hybridized carbons (Fsp3) is 0.0588. The number of carbonyl (C=O) groups is 1. The summed E-state index contributed by atoms with van der Waals surface area (Å²) in [6.07, 6.45) is 12.7. The van der Waals surface area contributed by atoms with Gasteiger partial charge in [-0.25, -0.2) is 9.79 Å². The van der Waals surface area contributed by atoms with Gasteiger partial charge in [0.05, 0.1) is 19.2 Å². The third-order valence-corrected chi connectivity index (χ3v) is 3.23. The molecule has 0 bridgehead atoms. The number of para-hydroxylation sites is 1. The van der Waals surface area contributed by atoms with E-state index < -0.39 is 5.97 Å². The van der Waals surface area contributed by atoms with Gasteiger partial charge in [0.2, 0.25) is 0 Å². The molecule has 0 aromatic heterocycles. The Kier molecular flexibility index (Phi) is 6.26. The van der Waals surface area contributed by atoms with Gasteiger partial charge in [-0.1, -0.05) is 48.6 Å². The van der Waals surface area contributed by atoms with Gasteiger partial charge in [-0.2, -0.15) is 0 Å². The quantitative estimate of drug-likeness (QED) is 0.582. The van der Waals surface area contributed by atoms with E-state index in [0.717, 1.165) is 17.6 Å². The van der Waals surface area contributed by atoms with Gasteiger partial charge in [-0.05, 0) is 12.1 Å². The SMILES string of the molecule is COC(=O)C1=CSOc2ccccc2C=CC=CC=CC=N1. The first-order valence-corrected chi connectivity index (χ1v) is 7.36. The molecular formula is C17H15NO3S. The molecule has 4 nitrogen and oxygen atoms in total. The lowest BCUT2D eigenvalue weighted by Gasteiger charge is -2.05. The molecule has 0 unspecified atom stereocenters. The van der Waals surface area contributed by atoms with Crippen LogP contribution in [0.4, 0.5) is 0 Å². The molecule has 2 rings (SSSR count). The van der Waals surface area contributed by atoms with Crippen molar-refractivity contribution in [3.05, 3.63) is 71.3 Å². The Morgan fingerprint density at radius 2 is 1.91 bits per heavy atom. The molecule has 0 spiro atoms. The minimum absolute atomic E-state index is 0.172. The number of carbonyl (C=O) groups excluding carboxylic acids is 1. The van der Waals surface area contributed by atoms with E-state index in [9.17, 15) is 4.79 Å². The summed E-state index contributed by atoms with van der Waals surface area (Å²) in [5.41, 5.74) is 1.11. The predicted molar refractivity (Wildman–Crippen MR) is 90.6 cm³/mol. The van der Waals surface area contributed by atoms with Crippen molar-refractivity contribution in [2.24, 2.45) is 4.99 Å². The Bertz CT molecular complexity index is 672. The number of nitrogens with zero attached hydrogens (tertiary/aromatic N) is 1. The maximum absolute atomic E-state index is 11.6. The standard InChI is InChI=1S/C17H15NO3S/c1-20-17(19)15-13-22-21-16-11-7-6-10-14(16)9-5-3-2-4-8-12-18-15/h2-13H,1H3. The maximum Gasteiger partial charge on any atom is 0.357 e. The third-order valence-electron chi connectivity index (χ3n) is 2.63. The summed E-state index contributed by atoms with van der Waals surface area (Å²) < 4.78 is 10.3. The Morgan fingerprint density at radius 3 is 2.77 bits per heavy atom. The van der Waals surface area contributed by atoms with Crippen LogP contribution in [0.3, 0.4) is 0 Å². The molecule has 1 aromatic rings. The second kappa shape index (κ2) is 8.69. The van der Waals surface area contributed by atoms with E-state index in [0.29, 0.717) is 5.75 Å². The molecule has 22 heavy (non-hydrogen) atoms. The number of methoxy groups -OCH3 is 1. The maximum atomic E-state index is 11.6. The summed E-state index contributed by atoms with van der Waals surface area (Å²) in [7, 11) is 1.31. The summed E-state index contributed by atoms with van der Waals surface area (Å²) in [6, 6.07) is 7.63. The second-order valence-corrected chi connectivity index (χ2v) is 4.71. The number of hydrogen-bond donors (Lipinski definition) is 0. The monoisotopic (exact) mass is 313 g/mol. The molecular weight excluding hydrogens is 298 g/mol. The van der Waals surface area contributed by atoms with Crippen molar-refractivity contribution in [1.82, 2.24) is 0 Å². The zero-order valence-corrected chi connectivity index (χ0v) is 12.8. The normalized spacial score (nSPS) is 14.5. The van der Waals surface area contributed by atoms with E-state index in [4.69, 9.17) is 4.18 Å². The number of esters is 1. The van der Waals surface area contributed by atoms with Crippen LogP contribution in [0, 0.1) is 0 Å². The molecule has 0 radical (unpaired) electrons. The van der Waals surface area contributed by atoms with Crippen molar-refractivity contribution in [3.8, 4) is 5.75 Å². The first-order chi connectivity index (χ1) is 10.8. The van der Waals surface area contributed by atoms with Gasteiger partial charge in [-0.3, -0.25) is 0 Å². The molecule has 0 amide bonds. The highest BCUT2D eigenvalue weighted by molar-refractivity contribution is 7.98. The fourth-order valence-corrected chi connectivity index (χ4v) is 2.13. The van der Waals surface area contributed by atoms with Gasteiger partial charge in [-0.15, -0.1) is 0 Å². The van der Waals surface area contributed by atoms with Gasteiger partial charge in [0.15, 0.2) is 5.70 Å². The van der Waals surface area contributed by atoms with Crippen LogP contribution in [0.15, 0.2) is 70.7 Å². The minimum atomic E-state index is -0.517. The van der Waals surface area contributed by atoms with Crippen LogP contribution < -0.4 is 4.18 Å². The van der Waals surface area contributed by atoms with Crippen LogP contribution in [0.2, 0.25) is 0 Å². The Balaban J connectivity index is 2.31. The number of ether oxygens (including phenoxy) is 1. The van der Waals surface area contributed by atoms with Gasteiger partial charge >= 0.3 is 5.97 Å². The molecule has 0 N–H and O–H groups in total. The van der Waals surface area contributed by atoms with E-state index in [1.54, 1.807) is 6.08 Å². The summed E-state index contributed by atoms with van der Waals surface area (Å²) in [6.45, 7) is 0. The van der Waals surface area contributed by atoms with Crippen LogP contribution in [0.5, 0.6) is 5.75 Å². The molecule has 1 aliphatic rings. The number of rotatable bonds is 1. The zero-order chi connectivity index (χ0) is 15.6. The average molecular weight is 313 g/mol. The van der Waals surface area contributed by atoms with Crippen molar-refractivity contribution in [2.75, 3.05) is 7.11 Å². The lowest BCUT2D eigenvalue weighted by molar-refractivity contribution is -0.136. The lowest BCUT2D eigenvalue weighted by atomic mass is 10.2. The Hall–Kier alpha value is -2.53. The third kappa shape index (κ3) is 4.79. The largest absolute Gasteiger partial charge is 0.464 e. The van der Waals surface area contributed by atoms with Crippen molar-refractivity contribution in [2.45, 2.75) is 0 Å². The highest BCUT2D eigenvalue weighted by Gasteiger charge is 2.08. The minimum Gasteiger partial charge on any atom is -0.464 e. The Morgan fingerprint density at radius 1 is 1.14 bits per heavy atom. The summed E-state index contributed by atoms with van der Waals surface area (Å²) in [5, 5.41) is 1.51. The van der Waals surface area contributed by atoms with Crippen LogP contribution in [-0.4, -0.2) is 19.3 Å². The molecule has 1 aliphatic heterocycles. The van der Waals surface area contributed by atoms with E-state index in [1.165, 1.54) is 18.7 Å². The predicted octanol–water partition coefficient (Wildman–Crippen LogP) is 3.94. The van der Waals surface area contributed by atoms with E-state index in [-0.39, 0.29) is 5.70 Å². The van der Waals surface area contributed by atoms with Gasteiger partial charge in [0.1, 0.15) is 5.75 Å². The van der Waals surface area contributed by atoms with Gasteiger partial charge in [0.25, 0.3) is 0 Å². The zero-order valence-electron chi connectivity index (χ0n) is 12.0. The number of hydrogen-bond acceptors (Lipinski definition) is 5. The second-order valence-electron chi connectivity index (χ2n) is 4.12. The van der Waals surface area contributed by atoms with Crippen LogP contribution >= 0.6 is 12.0 Å². The molecule has 0 saturated heterocycles. The lowest BCUT2D eigenvalue weighted by Crippen LogP contribution is -2.02. The first kappa shape index (κ1) is 15.9. The molecule has 0 atom stereocenters. The van der Waals surface area contributed by atoms with Crippen molar-refractivity contribution < 1.29 is 13.7 Å². The number of benzene rings is 1. The van der Waals surface area contributed by atoms with E-state index >= 15 is 0 Å². The molecule has 1 heterocycles. The van der Waals surface area contributed by atoms with Crippen molar-refractivity contribution in [1.29, 1.82) is 0 Å². The molecule has 5 heteroatoms. The smallest absolute Gasteiger partial charge is 0.357 e. The van der Waals surface area contributed by atoms with Crippen LogP contribution in [0.1, 0.15) is 5.56 Å². The number of aliphatic imine (C=N–C) groups is 1. The van der Waals surface area contributed by atoms with Gasteiger partial charge in [0, 0.05) is 17.2 Å². The van der Waals surface area contributed by atoms with Crippen molar-refractivity contribution in [3.63, 3.8) is 0 Å². The summed E-state index contributed by atoms with van der Waals surface area (Å²) >= 11 is 1.02. The molecule has 0 aliphatic carbocycles. The topological polar surface area (TPSA) is 47.9 Å². The van der Waals surface area contributed by atoms with Crippen molar-refractivity contribution >= 4 is 30.3 Å². The van der Waals surface area contributed by atoms with Crippen LogP contribution in [0.25, 0.3) is 6.08 Å². The first-order valence-electron chi connectivity index (χ1n) is 6.56. The highest BCUT2D eigenvalue weighted by atomic mass is 32.2. The molecule has 1 aromatic carbocycles. The highest BCUT2D eigenvalue weighted by Crippen LogP contribution is 2.24. The number of allylic oxidation sites excluding steroid dienone is 5. The van der Waals surface area contributed by atoms with E-state index in [1.807, 2.05) is 54.6 Å². The fourth-order valence-electron chi connectivity index (χ4n) is 1.58. The summed E-state index contributed by atoms with van der Waals surface area (Å²) in [4.78, 5) is 15.7. The molecule has 0 fully saturated rings. The Labute approximate surface area is 133 Å². The van der Waals surface area contributed by atoms with E-state index in [2.05, 4.69) is 9.73 Å². The summed E-state index contributed by atoms with van der Waals surface area (Å²) in [5.74, 6) is 0.186. The average Bonchev–Trinajstić information content (AvgIpc) is 2.55. The molecule has 0 saturated carbocycles. The van der Waals surface area contributed by atoms with Crippen LogP contribution in [-0.2, 0) is 9.53 Å². The molecule has 112 valence electrons.